The van der Waals surface area contributed by atoms with E-state index in [2.05, 4.69) is 25.9 Å². The second kappa shape index (κ2) is 8.16. The number of likely N-dealkylation sites (tertiary alicyclic amines) is 1. The Hall–Kier alpha value is -2.38. The standard InChI is InChI=1S/C14H22N6O2/c1-11(21)19-12-3-2-8-20(10-12)14(22)18-7-6-17-13-9-15-4-5-16-13/h4-5,9,12H,2-3,6-8,10H2,1H3,(H,16,17)(H,18,22)(H,19,21). The van der Waals surface area contributed by atoms with Crippen LogP contribution in [-0.4, -0.2) is 59.0 Å². The number of nitrogens with zero attached hydrogens (tertiary/aromatic N) is 3. The number of urea groups is 1. The van der Waals surface area contributed by atoms with E-state index in [9.17, 15) is 9.59 Å². The Kier molecular flexibility index (Phi) is 5.93. The van der Waals surface area contributed by atoms with Crippen molar-refractivity contribution in [2.24, 2.45) is 0 Å². The molecule has 3 amide bonds. The van der Waals surface area contributed by atoms with Crippen LogP contribution in [0.1, 0.15) is 19.8 Å². The van der Waals surface area contributed by atoms with E-state index in [-0.39, 0.29) is 18.0 Å². The lowest BCUT2D eigenvalue weighted by Crippen LogP contribution is -2.52. The van der Waals surface area contributed by atoms with Gasteiger partial charge in [-0.15, -0.1) is 0 Å². The molecule has 120 valence electrons. The molecule has 1 atom stereocenters. The quantitative estimate of drug-likeness (QED) is 0.675. The van der Waals surface area contributed by atoms with Gasteiger partial charge in [0.05, 0.1) is 6.20 Å². The van der Waals surface area contributed by atoms with Gasteiger partial charge in [-0.05, 0) is 12.8 Å². The summed E-state index contributed by atoms with van der Waals surface area (Å²) in [4.78, 5) is 32.9. The largest absolute Gasteiger partial charge is 0.367 e. The number of rotatable bonds is 5. The van der Waals surface area contributed by atoms with Crippen molar-refractivity contribution in [1.29, 1.82) is 0 Å². The summed E-state index contributed by atoms with van der Waals surface area (Å²) < 4.78 is 0. The van der Waals surface area contributed by atoms with E-state index in [0.717, 1.165) is 19.4 Å². The smallest absolute Gasteiger partial charge is 0.317 e. The number of anilines is 1. The third kappa shape index (κ3) is 5.19. The van der Waals surface area contributed by atoms with E-state index in [1.807, 2.05) is 0 Å². The Morgan fingerprint density at radius 2 is 2.23 bits per heavy atom. The molecule has 1 unspecified atom stereocenters. The van der Waals surface area contributed by atoms with Crippen LogP contribution in [0.4, 0.5) is 10.6 Å². The fourth-order valence-electron chi connectivity index (χ4n) is 2.43. The first-order valence-electron chi connectivity index (χ1n) is 7.45. The molecular weight excluding hydrogens is 284 g/mol. The Bertz CT molecular complexity index is 495. The van der Waals surface area contributed by atoms with Crippen molar-refractivity contribution in [2.45, 2.75) is 25.8 Å². The Balaban J connectivity index is 1.67. The van der Waals surface area contributed by atoms with Gasteiger partial charge in [0.15, 0.2) is 0 Å². The lowest BCUT2D eigenvalue weighted by molar-refractivity contribution is -0.119. The average molecular weight is 306 g/mol. The second-order valence-electron chi connectivity index (χ2n) is 5.24. The number of piperidine rings is 1. The van der Waals surface area contributed by atoms with Gasteiger partial charge in [0.1, 0.15) is 5.82 Å². The van der Waals surface area contributed by atoms with Crippen molar-refractivity contribution in [2.75, 3.05) is 31.5 Å². The first kappa shape index (κ1) is 16.0. The summed E-state index contributed by atoms with van der Waals surface area (Å²) in [6.45, 7) is 3.85. The van der Waals surface area contributed by atoms with Crippen LogP contribution in [0.15, 0.2) is 18.6 Å². The summed E-state index contributed by atoms with van der Waals surface area (Å²) in [7, 11) is 0. The third-order valence-corrected chi connectivity index (χ3v) is 3.39. The molecule has 0 aliphatic carbocycles. The molecule has 2 heterocycles. The molecule has 1 aliphatic heterocycles. The third-order valence-electron chi connectivity index (χ3n) is 3.39. The summed E-state index contributed by atoms with van der Waals surface area (Å²) >= 11 is 0. The van der Waals surface area contributed by atoms with Crippen molar-refractivity contribution in [3.8, 4) is 0 Å². The van der Waals surface area contributed by atoms with Crippen LogP contribution in [0.25, 0.3) is 0 Å². The van der Waals surface area contributed by atoms with Crippen LogP contribution in [0.5, 0.6) is 0 Å². The van der Waals surface area contributed by atoms with Gasteiger partial charge in [-0.25, -0.2) is 9.78 Å². The van der Waals surface area contributed by atoms with Gasteiger partial charge in [0, 0.05) is 51.5 Å². The molecule has 0 radical (unpaired) electrons. The zero-order valence-electron chi connectivity index (χ0n) is 12.7. The minimum atomic E-state index is -0.101. The van der Waals surface area contributed by atoms with E-state index in [0.29, 0.717) is 25.5 Å². The highest BCUT2D eigenvalue weighted by Crippen LogP contribution is 2.10. The number of nitrogens with one attached hydrogen (secondary N) is 3. The molecule has 1 aromatic heterocycles. The summed E-state index contributed by atoms with van der Waals surface area (Å²) in [5.74, 6) is 0.626. The maximum Gasteiger partial charge on any atom is 0.317 e. The molecule has 1 aliphatic rings. The maximum atomic E-state index is 12.1. The summed E-state index contributed by atoms with van der Waals surface area (Å²) in [5, 5.41) is 8.80. The Morgan fingerprint density at radius 3 is 2.95 bits per heavy atom. The number of hydrogen-bond acceptors (Lipinski definition) is 5. The first-order chi connectivity index (χ1) is 10.6. The maximum absolute atomic E-state index is 12.1. The molecule has 8 heteroatoms. The number of aromatic nitrogens is 2. The SMILES string of the molecule is CC(=O)NC1CCCN(C(=O)NCCNc2cnccn2)C1. The summed E-state index contributed by atoms with van der Waals surface area (Å²) in [5.41, 5.74) is 0. The monoisotopic (exact) mass is 306 g/mol. The van der Waals surface area contributed by atoms with Crippen molar-refractivity contribution in [1.82, 2.24) is 25.5 Å². The molecule has 1 fully saturated rings. The molecule has 3 N–H and O–H groups in total. The molecule has 0 saturated carbocycles. The van der Waals surface area contributed by atoms with Crippen molar-refractivity contribution < 1.29 is 9.59 Å². The molecule has 0 bridgehead atoms. The lowest BCUT2D eigenvalue weighted by atomic mass is 10.1. The van der Waals surface area contributed by atoms with Crippen LogP contribution >= 0.6 is 0 Å². The number of hydrogen-bond donors (Lipinski definition) is 3. The van der Waals surface area contributed by atoms with E-state index >= 15 is 0 Å². The van der Waals surface area contributed by atoms with E-state index < -0.39 is 0 Å². The minimum absolute atomic E-state index is 0.0507. The van der Waals surface area contributed by atoms with Gasteiger partial charge in [0.2, 0.25) is 5.91 Å². The number of amides is 3. The molecule has 0 spiro atoms. The molecule has 1 saturated heterocycles. The van der Waals surface area contributed by atoms with Gasteiger partial charge < -0.3 is 20.9 Å². The van der Waals surface area contributed by atoms with Crippen molar-refractivity contribution in [3.05, 3.63) is 18.6 Å². The normalized spacial score (nSPS) is 17.7. The zero-order valence-corrected chi connectivity index (χ0v) is 12.7. The first-order valence-corrected chi connectivity index (χ1v) is 7.45. The van der Waals surface area contributed by atoms with Gasteiger partial charge >= 0.3 is 6.03 Å². The fraction of sp³-hybridized carbons (Fsp3) is 0.571. The number of carbonyl (C=O) groups is 2. The Labute approximate surface area is 129 Å². The zero-order chi connectivity index (χ0) is 15.8. The molecular formula is C14H22N6O2. The topological polar surface area (TPSA) is 99.2 Å². The summed E-state index contributed by atoms with van der Waals surface area (Å²) in [6, 6.07) is -0.0503. The van der Waals surface area contributed by atoms with Crippen LogP contribution in [-0.2, 0) is 4.79 Å². The molecule has 22 heavy (non-hydrogen) atoms. The molecule has 8 nitrogen and oxygen atoms in total. The highest BCUT2D eigenvalue weighted by Gasteiger charge is 2.23. The lowest BCUT2D eigenvalue weighted by Gasteiger charge is -2.33. The molecule has 2 rings (SSSR count). The van der Waals surface area contributed by atoms with Gasteiger partial charge in [-0.1, -0.05) is 0 Å². The van der Waals surface area contributed by atoms with Crippen molar-refractivity contribution in [3.63, 3.8) is 0 Å². The number of carbonyl (C=O) groups excluding carboxylic acids is 2. The van der Waals surface area contributed by atoms with Crippen molar-refractivity contribution >= 4 is 17.8 Å². The average Bonchev–Trinajstić information content (AvgIpc) is 2.52. The van der Waals surface area contributed by atoms with Gasteiger partial charge in [-0.2, -0.15) is 0 Å². The molecule has 0 aromatic carbocycles. The summed E-state index contributed by atoms with van der Waals surface area (Å²) in [6.07, 6.45) is 6.66. The van der Waals surface area contributed by atoms with E-state index in [4.69, 9.17) is 0 Å². The van der Waals surface area contributed by atoms with E-state index in [1.54, 1.807) is 23.5 Å². The fourth-order valence-corrected chi connectivity index (χ4v) is 2.43. The van der Waals surface area contributed by atoms with Crippen LogP contribution in [0, 0.1) is 0 Å². The second-order valence-corrected chi connectivity index (χ2v) is 5.24. The molecule has 1 aromatic rings. The van der Waals surface area contributed by atoms with Gasteiger partial charge in [-0.3, -0.25) is 9.78 Å². The predicted octanol–water partition coefficient (Wildman–Crippen LogP) is 0.199. The van der Waals surface area contributed by atoms with E-state index in [1.165, 1.54) is 6.92 Å². The van der Waals surface area contributed by atoms with Crippen LogP contribution in [0.3, 0.4) is 0 Å². The minimum Gasteiger partial charge on any atom is -0.367 e. The Morgan fingerprint density at radius 1 is 1.36 bits per heavy atom. The van der Waals surface area contributed by atoms with Gasteiger partial charge in [0.25, 0.3) is 0 Å². The highest BCUT2D eigenvalue weighted by molar-refractivity contribution is 5.75. The highest BCUT2D eigenvalue weighted by atomic mass is 16.2. The predicted molar refractivity (Wildman–Crippen MR) is 82.3 cm³/mol. The van der Waals surface area contributed by atoms with Crippen LogP contribution < -0.4 is 16.0 Å². The van der Waals surface area contributed by atoms with Crippen LogP contribution in [0.2, 0.25) is 0 Å².